The molecule has 1 aromatic rings. The highest BCUT2D eigenvalue weighted by atomic mass is 19.3. The molecule has 16 heavy (non-hydrogen) atoms. The van der Waals surface area contributed by atoms with Crippen LogP contribution in [0.15, 0.2) is 6.20 Å². The van der Waals surface area contributed by atoms with Crippen LogP contribution in [0, 0.1) is 11.3 Å². The first-order chi connectivity index (χ1) is 7.47. The number of rotatable bonds is 3. The van der Waals surface area contributed by atoms with Crippen molar-refractivity contribution in [3.63, 3.8) is 0 Å². The molecular weight excluding hydrogens is 220 g/mol. The lowest BCUT2D eigenvalue weighted by atomic mass is 10.0. The SMILES string of the molecule is N#Cc1cnc(N)c(C(F)F)c1CC(=O)O. The van der Waals surface area contributed by atoms with Gasteiger partial charge in [0.25, 0.3) is 6.43 Å². The molecule has 0 unspecified atom stereocenters. The molecule has 84 valence electrons. The fraction of sp³-hybridized carbons (Fsp3) is 0.222. The molecule has 0 radical (unpaired) electrons. The standard InChI is InChI=1S/C9H7F2N3O2/c10-8(11)7-5(1-6(15)16)4(2-12)3-14-9(7)13/h3,8H,1H2,(H2,13,14)(H,15,16). The van der Waals surface area contributed by atoms with Crippen molar-refractivity contribution in [3.8, 4) is 6.07 Å². The number of carboxylic acid groups (broad SMARTS) is 1. The Bertz CT molecular complexity index is 469. The first-order valence-electron chi connectivity index (χ1n) is 4.14. The number of halogens is 2. The van der Waals surface area contributed by atoms with Gasteiger partial charge in [0.1, 0.15) is 11.9 Å². The van der Waals surface area contributed by atoms with Gasteiger partial charge in [-0.1, -0.05) is 0 Å². The Morgan fingerprint density at radius 3 is 2.75 bits per heavy atom. The van der Waals surface area contributed by atoms with Gasteiger partial charge in [-0.3, -0.25) is 4.79 Å². The molecule has 0 aliphatic carbocycles. The highest BCUT2D eigenvalue weighted by Crippen LogP contribution is 2.29. The van der Waals surface area contributed by atoms with E-state index in [1.54, 1.807) is 6.07 Å². The molecule has 0 atom stereocenters. The van der Waals surface area contributed by atoms with Gasteiger partial charge in [-0.15, -0.1) is 0 Å². The predicted octanol–water partition coefficient (Wildman–Crippen LogP) is 1.10. The number of nitrogens with zero attached hydrogens (tertiary/aromatic N) is 2. The summed E-state index contributed by atoms with van der Waals surface area (Å²) in [7, 11) is 0. The van der Waals surface area contributed by atoms with Crippen molar-refractivity contribution >= 4 is 11.8 Å². The number of carbonyl (C=O) groups is 1. The summed E-state index contributed by atoms with van der Waals surface area (Å²) in [5, 5.41) is 17.2. The molecule has 1 aromatic heterocycles. The van der Waals surface area contributed by atoms with E-state index >= 15 is 0 Å². The van der Waals surface area contributed by atoms with E-state index in [0.29, 0.717) is 0 Å². The number of nitriles is 1. The minimum atomic E-state index is -2.96. The van der Waals surface area contributed by atoms with Crippen molar-refractivity contribution in [2.45, 2.75) is 12.8 Å². The molecule has 1 heterocycles. The third-order valence-electron chi connectivity index (χ3n) is 1.93. The predicted molar refractivity (Wildman–Crippen MR) is 49.7 cm³/mol. The average Bonchev–Trinajstić information content (AvgIpc) is 2.16. The van der Waals surface area contributed by atoms with Gasteiger partial charge in [0.15, 0.2) is 0 Å². The van der Waals surface area contributed by atoms with E-state index in [2.05, 4.69) is 4.98 Å². The summed E-state index contributed by atoms with van der Waals surface area (Å²) in [6, 6.07) is 1.61. The minimum absolute atomic E-state index is 0.202. The van der Waals surface area contributed by atoms with Crippen LogP contribution in [0.2, 0.25) is 0 Å². The van der Waals surface area contributed by atoms with Crippen LogP contribution in [0.3, 0.4) is 0 Å². The molecule has 7 heteroatoms. The lowest BCUT2D eigenvalue weighted by molar-refractivity contribution is -0.136. The normalized spacial score (nSPS) is 10.1. The van der Waals surface area contributed by atoms with E-state index in [0.717, 1.165) is 6.20 Å². The smallest absolute Gasteiger partial charge is 0.307 e. The Kier molecular flexibility index (Phi) is 3.35. The van der Waals surface area contributed by atoms with E-state index in [4.69, 9.17) is 16.1 Å². The van der Waals surface area contributed by atoms with Crippen molar-refractivity contribution in [3.05, 3.63) is 22.9 Å². The highest BCUT2D eigenvalue weighted by molar-refractivity contribution is 5.73. The zero-order chi connectivity index (χ0) is 12.3. The molecule has 0 saturated heterocycles. The van der Waals surface area contributed by atoms with E-state index in [1.165, 1.54) is 0 Å². The molecule has 0 amide bonds. The van der Waals surface area contributed by atoms with Crippen LogP contribution in [0.5, 0.6) is 0 Å². The molecule has 5 nitrogen and oxygen atoms in total. The number of nitrogens with two attached hydrogens (primary N) is 1. The molecule has 0 fully saturated rings. The van der Waals surface area contributed by atoms with Crippen molar-refractivity contribution in [2.24, 2.45) is 0 Å². The first kappa shape index (κ1) is 11.8. The first-order valence-corrected chi connectivity index (χ1v) is 4.14. The van der Waals surface area contributed by atoms with Gasteiger partial charge >= 0.3 is 5.97 Å². The van der Waals surface area contributed by atoms with Gasteiger partial charge < -0.3 is 10.8 Å². The van der Waals surface area contributed by atoms with Gasteiger partial charge in [-0.25, -0.2) is 13.8 Å². The number of carboxylic acids is 1. The number of nitrogen functional groups attached to an aromatic ring is 1. The molecule has 1 rings (SSSR count). The zero-order valence-corrected chi connectivity index (χ0v) is 7.94. The Balaban J connectivity index is 3.43. The fourth-order valence-corrected chi connectivity index (χ4v) is 1.26. The molecule has 0 aliphatic rings. The molecule has 0 aromatic carbocycles. The number of hydrogen-bond donors (Lipinski definition) is 2. The van der Waals surface area contributed by atoms with Gasteiger partial charge in [-0.05, 0) is 5.56 Å². The average molecular weight is 227 g/mol. The second-order valence-electron chi connectivity index (χ2n) is 2.93. The molecular formula is C9H7F2N3O2. The quantitative estimate of drug-likeness (QED) is 0.805. The van der Waals surface area contributed by atoms with E-state index in [-0.39, 0.29) is 11.1 Å². The van der Waals surface area contributed by atoms with Crippen LogP contribution in [0.25, 0.3) is 0 Å². The Labute approximate surface area is 89.1 Å². The zero-order valence-electron chi connectivity index (χ0n) is 7.94. The van der Waals surface area contributed by atoms with Crippen LogP contribution in [-0.2, 0) is 11.2 Å². The van der Waals surface area contributed by atoms with Crippen molar-refractivity contribution in [1.29, 1.82) is 5.26 Å². The van der Waals surface area contributed by atoms with E-state index < -0.39 is 30.2 Å². The van der Waals surface area contributed by atoms with Crippen LogP contribution in [-0.4, -0.2) is 16.1 Å². The van der Waals surface area contributed by atoms with Crippen LogP contribution >= 0.6 is 0 Å². The Morgan fingerprint density at radius 2 is 2.31 bits per heavy atom. The summed E-state index contributed by atoms with van der Waals surface area (Å²) < 4.78 is 25.3. The van der Waals surface area contributed by atoms with Crippen LogP contribution < -0.4 is 5.73 Å². The monoisotopic (exact) mass is 227 g/mol. The number of anilines is 1. The number of hydrogen-bond acceptors (Lipinski definition) is 4. The van der Waals surface area contributed by atoms with Crippen molar-refractivity contribution in [1.82, 2.24) is 4.98 Å². The van der Waals surface area contributed by atoms with Gasteiger partial charge in [0.2, 0.25) is 0 Å². The van der Waals surface area contributed by atoms with Gasteiger partial charge in [0, 0.05) is 6.20 Å². The summed E-state index contributed by atoms with van der Waals surface area (Å²) in [6.45, 7) is 0. The number of pyridine rings is 1. The Hall–Kier alpha value is -2.23. The topological polar surface area (TPSA) is 100 Å². The van der Waals surface area contributed by atoms with Crippen molar-refractivity contribution < 1.29 is 18.7 Å². The third kappa shape index (κ3) is 2.23. The summed E-state index contributed by atoms with van der Waals surface area (Å²) in [5.74, 6) is -1.77. The molecule has 0 spiro atoms. The van der Waals surface area contributed by atoms with E-state index in [9.17, 15) is 13.6 Å². The lowest BCUT2D eigenvalue weighted by Gasteiger charge is -2.10. The lowest BCUT2D eigenvalue weighted by Crippen LogP contribution is -2.10. The Morgan fingerprint density at radius 1 is 1.69 bits per heavy atom. The summed E-state index contributed by atoms with van der Waals surface area (Å²) >= 11 is 0. The molecule has 0 bridgehead atoms. The van der Waals surface area contributed by atoms with Gasteiger partial charge in [-0.2, -0.15) is 5.26 Å². The van der Waals surface area contributed by atoms with E-state index in [1.807, 2.05) is 0 Å². The maximum atomic E-state index is 12.6. The van der Waals surface area contributed by atoms with Crippen LogP contribution in [0.1, 0.15) is 23.1 Å². The van der Waals surface area contributed by atoms with Crippen molar-refractivity contribution in [2.75, 3.05) is 5.73 Å². The summed E-state index contributed by atoms with van der Waals surface area (Å²) in [4.78, 5) is 13.9. The maximum absolute atomic E-state index is 12.6. The highest BCUT2D eigenvalue weighted by Gasteiger charge is 2.22. The van der Waals surface area contributed by atoms with Crippen LogP contribution in [0.4, 0.5) is 14.6 Å². The molecule has 0 aliphatic heterocycles. The number of aromatic nitrogens is 1. The second-order valence-corrected chi connectivity index (χ2v) is 2.93. The largest absolute Gasteiger partial charge is 0.481 e. The minimum Gasteiger partial charge on any atom is -0.481 e. The number of aliphatic carboxylic acids is 1. The summed E-state index contributed by atoms with van der Waals surface area (Å²) in [6.07, 6.45) is -2.66. The molecule has 0 saturated carbocycles. The summed E-state index contributed by atoms with van der Waals surface area (Å²) in [5.41, 5.74) is 4.07. The fourth-order valence-electron chi connectivity index (χ4n) is 1.26. The third-order valence-corrected chi connectivity index (χ3v) is 1.93. The number of alkyl halides is 2. The maximum Gasteiger partial charge on any atom is 0.307 e. The second kappa shape index (κ2) is 4.53. The molecule has 3 N–H and O–H groups in total. The van der Waals surface area contributed by atoms with Gasteiger partial charge in [0.05, 0.1) is 17.5 Å².